The second kappa shape index (κ2) is 6.41. The minimum absolute atomic E-state index is 0.117. The summed E-state index contributed by atoms with van der Waals surface area (Å²) in [6.07, 6.45) is 8.32. The third kappa shape index (κ3) is 3.60. The molecule has 0 heterocycles. The van der Waals surface area contributed by atoms with Crippen molar-refractivity contribution >= 4 is 17.7 Å². The molecule has 19 heavy (non-hydrogen) atoms. The number of anilines is 1. The van der Waals surface area contributed by atoms with Gasteiger partial charge in [-0.3, -0.25) is 4.79 Å². The molecule has 0 unspecified atom stereocenters. The highest BCUT2D eigenvalue weighted by Gasteiger charge is 2.23. The quantitative estimate of drug-likeness (QED) is 0.666. The van der Waals surface area contributed by atoms with E-state index in [1.54, 1.807) is 6.08 Å². The van der Waals surface area contributed by atoms with Crippen molar-refractivity contribution < 1.29 is 4.79 Å². The predicted octanol–water partition coefficient (Wildman–Crippen LogP) is 3.07. The minimum Gasteiger partial charge on any atom is -0.399 e. The van der Waals surface area contributed by atoms with Crippen LogP contribution in [0.15, 0.2) is 30.3 Å². The molecular weight excluding hydrogens is 236 g/mol. The van der Waals surface area contributed by atoms with Gasteiger partial charge in [-0.15, -0.1) is 0 Å². The molecule has 0 atom stereocenters. The second-order valence-electron chi connectivity index (χ2n) is 5.06. The lowest BCUT2D eigenvalue weighted by molar-refractivity contribution is -0.127. The molecule has 1 amide bonds. The lowest BCUT2D eigenvalue weighted by Crippen LogP contribution is -2.37. The Kier molecular flexibility index (Phi) is 4.61. The monoisotopic (exact) mass is 258 g/mol. The Balaban J connectivity index is 2.00. The van der Waals surface area contributed by atoms with Gasteiger partial charge in [-0.1, -0.05) is 25.0 Å². The van der Waals surface area contributed by atoms with E-state index in [0.29, 0.717) is 6.04 Å². The summed E-state index contributed by atoms with van der Waals surface area (Å²) in [5, 5.41) is 0. The maximum Gasteiger partial charge on any atom is 0.246 e. The van der Waals surface area contributed by atoms with Gasteiger partial charge in [0.05, 0.1) is 0 Å². The van der Waals surface area contributed by atoms with Crippen LogP contribution >= 0.6 is 0 Å². The van der Waals surface area contributed by atoms with Crippen LogP contribution in [0, 0.1) is 0 Å². The number of hydrogen-bond acceptors (Lipinski definition) is 2. The summed E-state index contributed by atoms with van der Waals surface area (Å²) < 4.78 is 0. The Morgan fingerprint density at radius 3 is 2.53 bits per heavy atom. The normalized spacial score (nSPS) is 16.1. The number of carbonyl (C=O) groups excluding carboxylic acids is 1. The Hall–Kier alpha value is -1.77. The molecule has 0 spiro atoms. The Labute approximate surface area is 115 Å². The summed E-state index contributed by atoms with van der Waals surface area (Å²) in [4.78, 5) is 14.2. The zero-order valence-corrected chi connectivity index (χ0v) is 11.5. The minimum atomic E-state index is 0.117. The van der Waals surface area contributed by atoms with Gasteiger partial charge in [0.25, 0.3) is 0 Å². The van der Waals surface area contributed by atoms with Crippen molar-refractivity contribution in [3.05, 3.63) is 35.9 Å². The number of rotatable bonds is 4. The Morgan fingerprint density at radius 1 is 1.32 bits per heavy atom. The number of hydrogen-bond donors (Lipinski definition) is 1. The Bertz CT molecular complexity index is 444. The van der Waals surface area contributed by atoms with Crippen molar-refractivity contribution in [1.82, 2.24) is 4.90 Å². The first-order valence-electron chi connectivity index (χ1n) is 7.05. The molecule has 2 N–H and O–H groups in total. The number of nitrogens with two attached hydrogens (primary N) is 1. The fraction of sp³-hybridized carbons (Fsp3) is 0.438. The van der Waals surface area contributed by atoms with Crippen molar-refractivity contribution in [2.45, 2.75) is 38.6 Å². The smallest absolute Gasteiger partial charge is 0.246 e. The third-order valence-corrected chi connectivity index (χ3v) is 3.74. The highest BCUT2D eigenvalue weighted by molar-refractivity contribution is 5.92. The van der Waals surface area contributed by atoms with Crippen LogP contribution in [0.25, 0.3) is 6.08 Å². The molecule has 0 radical (unpaired) electrons. The molecule has 1 aromatic carbocycles. The molecule has 3 heteroatoms. The van der Waals surface area contributed by atoms with Crippen LogP contribution in [-0.2, 0) is 4.79 Å². The predicted molar refractivity (Wildman–Crippen MR) is 79.5 cm³/mol. The first-order valence-corrected chi connectivity index (χ1v) is 7.05. The number of benzene rings is 1. The number of likely N-dealkylation sites (N-methyl/N-ethyl adjacent to an activating group) is 1. The van der Waals surface area contributed by atoms with E-state index in [9.17, 15) is 4.79 Å². The van der Waals surface area contributed by atoms with E-state index >= 15 is 0 Å². The average molecular weight is 258 g/mol. The van der Waals surface area contributed by atoms with E-state index in [1.807, 2.05) is 42.2 Å². The van der Waals surface area contributed by atoms with Gasteiger partial charge in [-0.05, 0) is 43.5 Å². The summed E-state index contributed by atoms with van der Waals surface area (Å²) in [5.74, 6) is 0.117. The average Bonchev–Trinajstić information content (AvgIpc) is 2.93. The summed E-state index contributed by atoms with van der Waals surface area (Å²) >= 11 is 0. The molecule has 1 aliphatic carbocycles. The van der Waals surface area contributed by atoms with E-state index in [0.717, 1.165) is 30.6 Å². The molecule has 3 nitrogen and oxygen atoms in total. The van der Waals surface area contributed by atoms with Gasteiger partial charge in [0.1, 0.15) is 0 Å². The van der Waals surface area contributed by atoms with Crippen molar-refractivity contribution in [3.63, 3.8) is 0 Å². The third-order valence-electron chi connectivity index (χ3n) is 3.74. The lowest BCUT2D eigenvalue weighted by Gasteiger charge is -2.26. The van der Waals surface area contributed by atoms with Gasteiger partial charge >= 0.3 is 0 Å². The molecule has 1 saturated carbocycles. The van der Waals surface area contributed by atoms with Crippen LogP contribution in [-0.4, -0.2) is 23.4 Å². The largest absolute Gasteiger partial charge is 0.399 e. The molecule has 1 aromatic rings. The van der Waals surface area contributed by atoms with Gasteiger partial charge < -0.3 is 10.6 Å². The van der Waals surface area contributed by atoms with Crippen LogP contribution in [0.2, 0.25) is 0 Å². The Morgan fingerprint density at radius 2 is 1.95 bits per heavy atom. The lowest BCUT2D eigenvalue weighted by atomic mass is 10.1. The molecule has 1 aliphatic rings. The molecule has 0 aromatic heterocycles. The molecule has 0 saturated heterocycles. The van der Waals surface area contributed by atoms with Gasteiger partial charge in [-0.25, -0.2) is 0 Å². The van der Waals surface area contributed by atoms with Crippen molar-refractivity contribution in [3.8, 4) is 0 Å². The second-order valence-corrected chi connectivity index (χ2v) is 5.06. The molecular formula is C16H22N2O. The van der Waals surface area contributed by atoms with Crippen molar-refractivity contribution in [1.29, 1.82) is 0 Å². The van der Waals surface area contributed by atoms with Gasteiger partial charge in [-0.2, -0.15) is 0 Å². The highest BCUT2D eigenvalue weighted by atomic mass is 16.2. The van der Waals surface area contributed by atoms with Gasteiger partial charge in [0.15, 0.2) is 0 Å². The SMILES string of the molecule is CCN(C(=O)/C=C/c1ccc(N)cc1)C1CCCC1. The van der Waals surface area contributed by atoms with E-state index in [1.165, 1.54) is 12.8 Å². The number of nitrogen functional groups attached to an aromatic ring is 1. The van der Waals surface area contributed by atoms with E-state index < -0.39 is 0 Å². The summed E-state index contributed by atoms with van der Waals surface area (Å²) in [6.45, 7) is 2.84. The van der Waals surface area contributed by atoms with E-state index in [4.69, 9.17) is 5.73 Å². The standard InChI is InChI=1S/C16H22N2O/c1-2-18(15-5-3-4-6-15)16(19)12-9-13-7-10-14(17)11-8-13/h7-12,15H,2-6,17H2,1H3/b12-9+. The number of carbonyl (C=O) groups is 1. The first-order chi connectivity index (χ1) is 9.20. The molecule has 0 bridgehead atoms. The van der Waals surface area contributed by atoms with E-state index in [2.05, 4.69) is 0 Å². The van der Waals surface area contributed by atoms with Crippen molar-refractivity contribution in [2.24, 2.45) is 0 Å². The zero-order chi connectivity index (χ0) is 13.7. The number of amides is 1. The highest BCUT2D eigenvalue weighted by Crippen LogP contribution is 2.23. The fourth-order valence-electron chi connectivity index (χ4n) is 2.68. The maximum absolute atomic E-state index is 12.2. The molecule has 2 rings (SSSR count). The van der Waals surface area contributed by atoms with Crippen LogP contribution in [0.5, 0.6) is 0 Å². The zero-order valence-electron chi connectivity index (χ0n) is 11.5. The fourth-order valence-corrected chi connectivity index (χ4v) is 2.68. The molecule has 1 fully saturated rings. The van der Waals surface area contributed by atoms with Crippen LogP contribution in [0.4, 0.5) is 5.69 Å². The molecule has 102 valence electrons. The van der Waals surface area contributed by atoms with Gasteiger partial charge in [0, 0.05) is 24.4 Å². The summed E-state index contributed by atoms with van der Waals surface area (Å²) in [7, 11) is 0. The van der Waals surface area contributed by atoms with E-state index in [-0.39, 0.29) is 5.91 Å². The van der Waals surface area contributed by atoms with Crippen molar-refractivity contribution in [2.75, 3.05) is 12.3 Å². The van der Waals surface area contributed by atoms with Crippen LogP contribution < -0.4 is 5.73 Å². The van der Waals surface area contributed by atoms with Gasteiger partial charge in [0.2, 0.25) is 5.91 Å². The van der Waals surface area contributed by atoms with Crippen LogP contribution in [0.1, 0.15) is 38.2 Å². The summed E-state index contributed by atoms with van der Waals surface area (Å²) in [6, 6.07) is 7.97. The number of nitrogens with zero attached hydrogens (tertiary/aromatic N) is 1. The summed E-state index contributed by atoms with van der Waals surface area (Å²) in [5.41, 5.74) is 7.38. The van der Waals surface area contributed by atoms with Crippen LogP contribution in [0.3, 0.4) is 0 Å². The first kappa shape index (κ1) is 13.7. The molecule has 0 aliphatic heterocycles. The maximum atomic E-state index is 12.2. The topological polar surface area (TPSA) is 46.3 Å².